The standard InChI is InChI=1S/C19H14Cl2F3NO6/c1-28-16(26)14-15(17(27)29-2)31-18(30-14)9-5-3-4-8(6-9)13-12(21)11(20)10(7-25-13)19(22,23)24/h3-7,14-15,18H,1-2H3. The van der Waals surface area contributed by atoms with Crippen LogP contribution in [0.4, 0.5) is 13.2 Å². The van der Waals surface area contributed by atoms with E-state index in [0.29, 0.717) is 17.3 Å². The summed E-state index contributed by atoms with van der Waals surface area (Å²) in [5.41, 5.74) is -0.523. The molecule has 1 fully saturated rings. The van der Waals surface area contributed by atoms with Gasteiger partial charge in [0.15, 0.2) is 18.5 Å². The zero-order valence-corrected chi connectivity index (χ0v) is 17.4. The van der Waals surface area contributed by atoms with Crippen LogP contribution in [0.3, 0.4) is 0 Å². The van der Waals surface area contributed by atoms with Crippen molar-refractivity contribution in [3.05, 3.63) is 51.6 Å². The Balaban J connectivity index is 1.95. The van der Waals surface area contributed by atoms with E-state index in [1.54, 1.807) is 12.1 Å². The minimum absolute atomic E-state index is 0.00597. The van der Waals surface area contributed by atoms with Crippen molar-refractivity contribution in [2.75, 3.05) is 14.2 Å². The topological polar surface area (TPSA) is 84.0 Å². The number of methoxy groups -OCH3 is 2. The SMILES string of the molecule is COC(=O)C1OC(c2cccc(-c3ncc(C(F)(F)F)c(Cl)c3Cl)c2)OC1C(=O)OC. The number of aromatic nitrogens is 1. The summed E-state index contributed by atoms with van der Waals surface area (Å²) in [5, 5.41) is -1.07. The smallest absolute Gasteiger partial charge is 0.419 e. The Morgan fingerprint density at radius 1 is 1.03 bits per heavy atom. The fourth-order valence-electron chi connectivity index (χ4n) is 2.88. The van der Waals surface area contributed by atoms with Gasteiger partial charge in [-0.25, -0.2) is 9.59 Å². The average Bonchev–Trinajstić information content (AvgIpc) is 3.19. The van der Waals surface area contributed by atoms with E-state index in [4.69, 9.17) is 32.7 Å². The second-order valence-corrected chi connectivity index (χ2v) is 7.02. The minimum Gasteiger partial charge on any atom is -0.467 e. The van der Waals surface area contributed by atoms with E-state index in [1.807, 2.05) is 0 Å². The maximum absolute atomic E-state index is 13.0. The molecule has 0 N–H and O–H groups in total. The van der Waals surface area contributed by atoms with Crippen LogP contribution in [0.15, 0.2) is 30.5 Å². The van der Waals surface area contributed by atoms with Gasteiger partial charge in [-0.1, -0.05) is 41.4 Å². The van der Waals surface area contributed by atoms with Gasteiger partial charge >= 0.3 is 18.1 Å². The highest BCUT2D eigenvalue weighted by atomic mass is 35.5. The van der Waals surface area contributed by atoms with Crippen LogP contribution in [0, 0.1) is 0 Å². The van der Waals surface area contributed by atoms with Gasteiger partial charge in [-0.05, 0) is 6.07 Å². The highest BCUT2D eigenvalue weighted by Gasteiger charge is 2.47. The van der Waals surface area contributed by atoms with E-state index in [0.717, 1.165) is 14.2 Å². The Morgan fingerprint density at radius 3 is 2.13 bits per heavy atom. The number of rotatable bonds is 4. The van der Waals surface area contributed by atoms with Gasteiger partial charge in [0.25, 0.3) is 0 Å². The summed E-state index contributed by atoms with van der Waals surface area (Å²) < 4.78 is 59.3. The summed E-state index contributed by atoms with van der Waals surface area (Å²) in [5.74, 6) is -1.68. The van der Waals surface area contributed by atoms with Crippen molar-refractivity contribution in [2.45, 2.75) is 24.7 Å². The number of benzene rings is 1. The molecule has 0 amide bonds. The number of alkyl halides is 3. The van der Waals surface area contributed by atoms with E-state index in [1.165, 1.54) is 12.1 Å². The van der Waals surface area contributed by atoms with Crippen molar-refractivity contribution in [3.63, 3.8) is 0 Å². The van der Waals surface area contributed by atoms with E-state index >= 15 is 0 Å². The number of carbonyl (C=O) groups excluding carboxylic acids is 2. The first-order chi connectivity index (χ1) is 14.6. The molecular formula is C19H14Cl2F3NO6. The lowest BCUT2D eigenvalue weighted by molar-refractivity contribution is -0.160. The molecule has 2 unspecified atom stereocenters. The van der Waals surface area contributed by atoms with Gasteiger partial charge in [-0.2, -0.15) is 13.2 Å². The minimum atomic E-state index is -4.72. The Labute approximate surface area is 184 Å². The number of halogens is 5. The lowest BCUT2D eigenvalue weighted by Crippen LogP contribution is -2.38. The molecule has 0 bridgehead atoms. The predicted molar refractivity (Wildman–Crippen MR) is 101 cm³/mol. The number of esters is 2. The normalized spacial score (nSPS) is 21.1. The molecular weight excluding hydrogens is 466 g/mol. The average molecular weight is 480 g/mol. The molecule has 166 valence electrons. The maximum Gasteiger partial charge on any atom is 0.419 e. The molecule has 2 aromatic rings. The second-order valence-electron chi connectivity index (χ2n) is 6.26. The molecule has 0 spiro atoms. The van der Waals surface area contributed by atoms with E-state index in [-0.39, 0.29) is 10.7 Å². The summed E-state index contributed by atoms with van der Waals surface area (Å²) in [6, 6.07) is 6.10. The van der Waals surface area contributed by atoms with E-state index in [9.17, 15) is 22.8 Å². The van der Waals surface area contributed by atoms with Crippen LogP contribution >= 0.6 is 23.2 Å². The molecule has 3 rings (SSSR count). The maximum atomic E-state index is 13.0. The zero-order valence-electron chi connectivity index (χ0n) is 15.9. The number of ether oxygens (including phenoxy) is 4. The largest absolute Gasteiger partial charge is 0.467 e. The molecule has 1 aromatic heterocycles. The van der Waals surface area contributed by atoms with Gasteiger partial charge in [-0.15, -0.1) is 0 Å². The molecule has 0 radical (unpaired) electrons. The van der Waals surface area contributed by atoms with Crippen LogP contribution in [0.5, 0.6) is 0 Å². The highest BCUT2D eigenvalue weighted by molar-refractivity contribution is 6.44. The third-order valence-corrected chi connectivity index (χ3v) is 5.24. The van der Waals surface area contributed by atoms with E-state index < -0.39 is 47.2 Å². The molecule has 2 atom stereocenters. The molecule has 1 aromatic carbocycles. The van der Waals surface area contributed by atoms with Crippen molar-refractivity contribution < 1.29 is 41.7 Å². The summed E-state index contributed by atoms with van der Waals surface area (Å²) in [6.45, 7) is 0. The van der Waals surface area contributed by atoms with Gasteiger partial charge < -0.3 is 18.9 Å². The fraction of sp³-hybridized carbons (Fsp3) is 0.316. The van der Waals surface area contributed by atoms with Gasteiger partial charge in [0.1, 0.15) is 0 Å². The molecule has 1 saturated heterocycles. The van der Waals surface area contributed by atoms with Crippen molar-refractivity contribution in [1.29, 1.82) is 0 Å². The zero-order chi connectivity index (χ0) is 22.9. The third-order valence-electron chi connectivity index (χ3n) is 4.38. The second kappa shape index (κ2) is 8.99. The van der Waals surface area contributed by atoms with Crippen molar-refractivity contribution >= 4 is 35.1 Å². The molecule has 2 heterocycles. The summed E-state index contributed by atoms with van der Waals surface area (Å²) >= 11 is 11.8. The van der Waals surface area contributed by atoms with E-state index in [2.05, 4.69) is 14.5 Å². The Bertz CT molecular complexity index is 993. The summed E-state index contributed by atoms with van der Waals surface area (Å²) in [6.07, 6.45) is -8.04. The monoisotopic (exact) mass is 479 g/mol. The number of carbonyl (C=O) groups is 2. The van der Waals surface area contributed by atoms with Crippen LogP contribution in [0.25, 0.3) is 11.3 Å². The molecule has 31 heavy (non-hydrogen) atoms. The number of nitrogens with zero attached hydrogens (tertiary/aromatic N) is 1. The molecule has 7 nitrogen and oxygen atoms in total. The molecule has 1 aliphatic heterocycles. The Hall–Kier alpha value is -2.40. The van der Waals surface area contributed by atoms with Crippen LogP contribution in [0.1, 0.15) is 17.4 Å². The Morgan fingerprint density at radius 2 is 1.61 bits per heavy atom. The predicted octanol–water partition coefficient (Wildman–Crippen LogP) is 4.20. The van der Waals surface area contributed by atoms with Crippen LogP contribution in [-0.4, -0.2) is 43.4 Å². The molecule has 1 aliphatic rings. The van der Waals surface area contributed by atoms with Gasteiger partial charge in [0.2, 0.25) is 0 Å². The Kier molecular flexibility index (Phi) is 6.75. The van der Waals surface area contributed by atoms with Crippen LogP contribution < -0.4 is 0 Å². The van der Waals surface area contributed by atoms with Gasteiger partial charge in [0.05, 0.1) is 35.5 Å². The molecule has 12 heteroatoms. The first-order valence-corrected chi connectivity index (χ1v) is 9.32. The summed E-state index contributed by atoms with van der Waals surface area (Å²) in [7, 11) is 2.24. The summed E-state index contributed by atoms with van der Waals surface area (Å²) in [4.78, 5) is 27.7. The molecule has 0 aliphatic carbocycles. The fourth-order valence-corrected chi connectivity index (χ4v) is 3.39. The van der Waals surface area contributed by atoms with Gasteiger partial charge in [0, 0.05) is 17.3 Å². The van der Waals surface area contributed by atoms with Crippen LogP contribution in [0.2, 0.25) is 10.0 Å². The highest BCUT2D eigenvalue weighted by Crippen LogP contribution is 2.42. The number of hydrogen-bond donors (Lipinski definition) is 0. The lowest BCUT2D eigenvalue weighted by atomic mass is 10.1. The third kappa shape index (κ3) is 4.62. The number of hydrogen-bond acceptors (Lipinski definition) is 7. The van der Waals surface area contributed by atoms with Crippen molar-refractivity contribution in [3.8, 4) is 11.3 Å². The van der Waals surface area contributed by atoms with Crippen LogP contribution in [-0.2, 0) is 34.7 Å². The van der Waals surface area contributed by atoms with Gasteiger partial charge in [-0.3, -0.25) is 4.98 Å². The molecule has 0 saturated carbocycles. The first kappa shape index (κ1) is 23.3. The quantitative estimate of drug-likeness (QED) is 0.607. The lowest BCUT2D eigenvalue weighted by Gasteiger charge is -2.14. The van der Waals surface area contributed by atoms with Crippen molar-refractivity contribution in [1.82, 2.24) is 4.98 Å². The first-order valence-electron chi connectivity index (χ1n) is 8.56. The number of pyridine rings is 1. The van der Waals surface area contributed by atoms with Crippen molar-refractivity contribution in [2.24, 2.45) is 0 Å².